The number of pyridine rings is 1. The number of nitrogens with zero attached hydrogens (tertiary/aromatic N) is 1. The van der Waals surface area contributed by atoms with Crippen molar-refractivity contribution < 1.29 is 18.3 Å². The SMILES string of the molecule is COC[C@H](C)N[C@H]1CC[C@H](Nc2cc(-c3cccc(NCC4(F)CCOCC4)c3)c(F)cn2)CC1. The Labute approximate surface area is 207 Å². The van der Waals surface area contributed by atoms with Crippen LogP contribution in [0.4, 0.5) is 20.3 Å². The molecule has 3 N–H and O–H groups in total. The fourth-order valence-corrected chi connectivity index (χ4v) is 5.02. The van der Waals surface area contributed by atoms with Gasteiger partial charge in [-0.05, 0) is 56.4 Å². The normalized spacial score (nSPS) is 23.0. The summed E-state index contributed by atoms with van der Waals surface area (Å²) in [5.41, 5.74) is 0.711. The number of rotatable bonds is 10. The monoisotopic (exact) mass is 488 g/mol. The highest BCUT2D eigenvalue weighted by Gasteiger charge is 2.32. The van der Waals surface area contributed by atoms with Gasteiger partial charge in [-0.3, -0.25) is 0 Å². The Kier molecular flexibility index (Phi) is 8.92. The molecule has 0 spiro atoms. The molecule has 0 radical (unpaired) electrons. The first kappa shape index (κ1) is 25.8. The van der Waals surface area contributed by atoms with Crippen molar-refractivity contribution in [3.8, 4) is 11.1 Å². The average molecular weight is 489 g/mol. The van der Waals surface area contributed by atoms with Crippen molar-refractivity contribution in [1.82, 2.24) is 10.3 Å². The predicted molar refractivity (Wildman–Crippen MR) is 136 cm³/mol. The molecule has 0 amide bonds. The van der Waals surface area contributed by atoms with E-state index in [9.17, 15) is 8.78 Å². The lowest BCUT2D eigenvalue weighted by atomic mass is 9.90. The first-order valence-corrected chi connectivity index (χ1v) is 12.7. The molecule has 0 unspecified atom stereocenters. The van der Waals surface area contributed by atoms with Crippen LogP contribution in [0.25, 0.3) is 11.1 Å². The van der Waals surface area contributed by atoms with Gasteiger partial charge >= 0.3 is 0 Å². The van der Waals surface area contributed by atoms with Crippen LogP contribution in [0, 0.1) is 5.82 Å². The molecule has 0 bridgehead atoms. The standard InChI is InChI=1S/C27H38F2N4O2/c1-19(17-34-2)32-21-6-8-22(9-7-21)33-26-15-24(25(28)16-30-26)20-4-3-5-23(14-20)31-18-27(29)10-12-35-13-11-27/h3-5,14-16,19,21-22,31-32H,6-13,17-18H2,1-2H3,(H,30,33)/t19-,21-,22-/m0/s1. The minimum atomic E-state index is -1.27. The van der Waals surface area contributed by atoms with E-state index in [0.717, 1.165) is 36.9 Å². The first-order chi connectivity index (χ1) is 16.9. The molecule has 2 heterocycles. The van der Waals surface area contributed by atoms with Gasteiger partial charge in [0.05, 0.1) is 12.8 Å². The minimum absolute atomic E-state index is 0.216. The summed E-state index contributed by atoms with van der Waals surface area (Å²) in [5.74, 6) is 0.299. The largest absolute Gasteiger partial charge is 0.383 e. The Hall–Kier alpha value is -2.29. The van der Waals surface area contributed by atoms with Crippen molar-refractivity contribution in [2.45, 2.75) is 69.2 Å². The molecule has 2 fully saturated rings. The highest BCUT2D eigenvalue weighted by atomic mass is 19.1. The van der Waals surface area contributed by atoms with Gasteiger partial charge in [-0.15, -0.1) is 0 Å². The maximum Gasteiger partial charge on any atom is 0.149 e. The number of hydrogen-bond donors (Lipinski definition) is 3. The van der Waals surface area contributed by atoms with Crippen LogP contribution in [0.3, 0.4) is 0 Å². The molecule has 4 rings (SSSR count). The van der Waals surface area contributed by atoms with Crippen LogP contribution in [0.1, 0.15) is 45.4 Å². The highest BCUT2D eigenvalue weighted by Crippen LogP contribution is 2.30. The van der Waals surface area contributed by atoms with Gasteiger partial charge in [0.15, 0.2) is 0 Å². The number of anilines is 2. The summed E-state index contributed by atoms with van der Waals surface area (Å²) in [6.45, 7) is 3.96. The number of benzene rings is 1. The summed E-state index contributed by atoms with van der Waals surface area (Å²) >= 11 is 0. The zero-order valence-electron chi connectivity index (χ0n) is 20.8. The van der Waals surface area contributed by atoms with Crippen molar-refractivity contribution in [1.29, 1.82) is 0 Å². The van der Waals surface area contributed by atoms with E-state index < -0.39 is 5.67 Å². The fraction of sp³-hybridized carbons (Fsp3) is 0.593. The van der Waals surface area contributed by atoms with Gasteiger partial charge in [-0.2, -0.15) is 0 Å². The minimum Gasteiger partial charge on any atom is -0.383 e. The molecule has 2 aromatic rings. The van der Waals surface area contributed by atoms with Crippen LogP contribution < -0.4 is 16.0 Å². The number of alkyl halides is 1. The lowest BCUT2D eigenvalue weighted by Crippen LogP contribution is -2.42. The molecule has 6 nitrogen and oxygen atoms in total. The second-order valence-corrected chi connectivity index (χ2v) is 9.96. The van der Waals surface area contributed by atoms with E-state index in [1.54, 1.807) is 13.2 Å². The molecule has 1 aromatic carbocycles. The Morgan fingerprint density at radius 3 is 2.63 bits per heavy atom. The molecule has 1 aliphatic carbocycles. The summed E-state index contributed by atoms with van der Waals surface area (Å²) in [7, 11) is 1.72. The van der Waals surface area contributed by atoms with Crippen LogP contribution in [-0.4, -0.2) is 62.3 Å². The maximum atomic E-state index is 14.9. The van der Waals surface area contributed by atoms with Crippen molar-refractivity contribution in [3.05, 3.63) is 42.3 Å². The second kappa shape index (κ2) is 12.1. The predicted octanol–water partition coefficient (Wildman–Crippen LogP) is 5.17. The zero-order chi connectivity index (χ0) is 24.7. The Bertz CT molecular complexity index is 947. The molecule has 192 valence electrons. The number of aromatic nitrogens is 1. The average Bonchev–Trinajstić information content (AvgIpc) is 2.86. The van der Waals surface area contributed by atoms with Gasteiger partial charge in [-0.25, -0.2) is 13.8 Å². The van der Waals surface area contributed by atoms with Crippen LogP contribution in [0.2, 0.25) is 0 Å². The van der Waals surface area contributed by atoms with Crippen molar-refractivity contribution in [2.24, 2.45) is 0 Å². The van der Waals surface area contributed by atoms with Gasteiger partial charge < -0.3 is 25.4 Å². The maximum absolute atomic E-state index is 14.9. The molecule has 1 atom stereocenters. The van der Waals surface area contributed by atoms with E-state index in [2.05, 4.69) is 27.9 Å². The Morgan fingerprint density at radius 1 is 1.14 bits per heavy atom. The lowest BCUT2D eigenvalue weighted by molar-refractivity contribution is -0.00115. The molecular weight excluding hydrogens is 450 g/mol. The van der Waals surface area contributed by atoms with Crippen LogP contribution >= 0.6 is 0 Å². The summed E-state index contributed by atoms with van der Waals surface area (Å²) < 4.78 is 40.1. The second-order valence-electron chi connectivity index (χ2n) is 9.96. The third-order valence-electron chi connectivity index (χ3n) is 7.04. The number of methoxy groups -OCH3 is 1. The molecule has 1 saturated carbocycles. The number of nitrogens with one attached hydrogen (secondary N) is 3. The summed E-state index contributed by atoms with van der Waals surface area (Å²) in [6, 6.07) is 10.4. The Morgan fingerprint density at radius 2 is 1.89 bits per heavy atom. The van der Waals surface area contributed by atoms with E-state index in [1.807, 2.05) is 24.3 Å². The molecule has 1 saturated heterocycles. The van der Waals surface area contributed by atoms with Gasteiger partial charge in [-0.1, -0.05) is 12.1 Å². The molecule has 35 heavy (non-hydrogen) atoms. The summed E-state index contributed by atoms with van der Waals surface area (Å²) in [4.78, 5) is 4.28. The van der Waals surface area contributed by atoms with Crippen molar-refractivity contribution in [2.75, 3.05) is 44.1 Å². The van der Waals surface area contributed by atoms with E-state index in [0.29, 0.717) is 62.2 Å². The van der Waals surface area contributed by atoms with Crippen molar-refractivity contribution >= 4 is 11.5 Å². The van der Waals surface area contributed by atoms with E-state index >= 15 is 0 Å². The van der Waals surface area contributed by atoms with Crippen LogP contribution in [0.15, 0.2) is 36.5 Å². The molecule has 2 aliphatic rings. The topological polar surface area (TPSA) is 67.4 Å². The fourth-order valence-electron chi connectivity index (χ4n) is 5.02. The quantitative estimate of drug-likeness (QED) is 0.429. The summed E-state index contributed by atoms with van der Waals surface area (Å²) in [5, 5.41) is 10.3. The smallest absolute Gasteiger partial charge is 0.149 e. The van der Waals surface area contributed by atoms with Gasteiger partial charge in [0.2, 0.25) is 0 Å². The van der Waals surface area contributed by atoms with E-state index in [-0.39, 0.29) is 12.4 Å². The zero-order valence-corrected chi connectivity index (χ0v) is 20.8. The van der Waals surface area contributed by atoms with Crippen LogP contribution in [-0.2, 0) is 9.47 Å². The third kappa shape index (κ3) is 7.35. The van der Waals surface area contributed by atoms with Gasteiger partial charge in [0, 0.05) is 69.1 Å². The molecule has 1 aromatic heterocycles. The van der Waals surface area contributed by atoms with Crippen molar-refractivity contribution in [3.63, 3.8) is 0 Å². The molecule has 8 heteroatoms. The Balaban J connectivity index is 1.36. The van der Waals surface area contributed by atoms with Gasteiger partial charge in [0.25, 0.3) is 0 Å². The van der Waals surface area contributed by atoms with E-state index in [1.165, 1.54) is 6.20 Å². The third-order valence-corrected chi connectivity index (χ3v) is 7.04. The lowest BCUT2D eigenvalue weighted by Gasteiger charge is -2.32. The number of ether oxygens (including phenoxy) is 2. The van der Waals surface area contributed by atoms with Gasteiger partial charge in [0.1, 0.15) is 17.3 Å². The highest BCUT2D eigenvalue weighted by molar-refractivity contribution is 5.70. The molecular formula is C27H38F2N4O2. The molecule has 1 aliphatic heterocycles. The number of halogens is 2. The number of hydrogen-bond acceptors (Lipinski definition) is 6. The van der Waals surface area contributed by atoms with Crippen LogP contribution in [0.5, 0.6) is 0 Å². The first-order valence-electron chi connectivity index (χ1n) is 12.7. The van der Waals surface area contributed by atoms with E-state index in [4.69, 9.17) is 9.47 Å². The summed E-state index contributed by atoms with van der Waals surface area (Å²) in [6.07, 6.45) is 6.26.